The summed E-state index contributed by atoms with van der Waals surface area (Å²) in [6, 6.07) is 0. The maximum atomic E-state index is 11.1. The summed E-state index contributed by atoms with van der Waals surface area (Å²) in [5.74, 6) is 0.528. The summed E-state index contributed by atoms with van der Waals surface area (Å²) in [7, 11) is 0. The quantitative estimate of drug-likeness (QED) is 0.591. The first kappa shape index (κ1) is 9.56. The van der Waals surface area contributed by atoms with Gasteiger partial charge in [-0.3, -0.25) is 4.79 Å². The zero-order valence-corrected chi connectivity index (χ0v) is 8.31. The highest BCUT2D eigenvalue weighted by Gasteiger charge is 2.45. The van der Waals surface area contributed by atoms with E-state index < -0.39 is 0 Å². The second kappa shape index (κ2) is 3.46. The Morgan fingerprint density at radius 3 is 2.17 bits per heavy atom. The molecule has 1 aliphatic carbocycles. The van der Waals surface area contributed by atoms with E-state index in [4.69, 9.17) is 0 Å². The minimum Gasteiger partial charge on any atom is -0.350 e. The number of hydrogen-bond donors (Lipinski definition) is 1. The Hall–Kier alpha value is -0.530. The molecule has 2 nitrogen and oxygen atoms in total. The Labute approximate surface area is 74.7 Å². The SMILES string of the molecule is CC.CC1CC2(CCC2)NC1=O. The molecule has 1 atom stereocenters. The van der Waals surface area contributed by atoms with Crippen LogP contribution in [0.4, 0.5) is 0 Å². The third-order valence-corrected chi connectivity index (χ3v) is 2.84. The van der Waals surface area contributed by atoms with E-state index in [0.717, 1.165) is 6.42 Å². The lowest BCUT2D eigenvalue weighted by Crippen LogP contribution is -2.47. The molecular formula is C10H19NO. The Morgan fingerprint density at radius 1 is 1.42 bits per heavy atom. The summed E-state index contributed by atoms with van der Waals surface area (Å²) in [6.45, 7) is 6.02. The summed E-state index contributed by atoms with van der Waals surface area (Å²) in [5.41, 5.74) is 0.260. The lowest BCUT2D eigenvalue weighted by molar-refractivity contribution is -0.122. The van der Waals surface area contributed by atoms with Crippen molar-refractivity contribution in [3.8, 4) is 0 Å². The maximum Gasteiger partial charge on any atom is 0.223 e. The van der Waals surface area contributed by atoms with E-state index in [1.165, 1.54) is 19.3 Å². The van der Waals surface area contributed by atoms with Crippen LogP contribution in [0.1, 0.15) is 46.5 Å². The second-order valence-electron chi connectivity index (χ2n) is 3.73. The van der Waals surface area contributed by atoms with E-state index in [2.05, 4.69) is 5.32 Å². The van der Waals surface area contributed by atoms with Gasteiger partial charge in [0.1, 0.15) is 0 Å². The first-order valence-electron chi connectivity index (χ1n) is 5.04. The predicted molar refractivity (Wildman–Crippen MR) is 49.9 cm³/mol. The molecule has 12 heavy (non-hydrogen) atoms. The molecule has 1 spiro atoms. The van der Waals surface area contributed by atoms with Crippen LogP contribution in [0, 0.1) is 5.92 Å². The van der Waals surface area contributed by atoms with Crippen LogP contribution in [0.25, 0.3) is 0 Å². The first-order valence-corrected chi connectivity index (χ1v) is 5.04. The molecule has 0 aromatic rings. The molecule has 70 valence electrons. The molecular weight excluding hydrogens is 150 g/mol. The Balaban J connectivity index is 0.000000336. The van der Waals surface area contributed by atoms with Crippen molar-refractivity contribution in [2.45, 2.75) is 52.0 Å². The van der Waals surface area contributed by atoms with Gasteiger partial charge < -0.3 is 5.32 Å². The van der Waals surface area contributed by atoms with Gasteiger partial charge in [0.2, 0.25) is 5.91 Å². The summed E-state index contributed by atoms with van der Waals surface area (Å²) in [4.78, 5) is 11.1. The highest BCUT2D eigenvalue weighted by Crippen LogP contribution is 2.41. The lowest BCUT2D eigenvalue weighted by atomic mass is 9.75. The van der Waals surface area contributed by atoms with Crippen LogP contribution < -0.4 is 5.32 Å². The van der Waals surface area contributed by atoms with Crippen LogP contribution in [-0.2, 0) is 4.79 Å². The Kier molecular flexibility index (Phi) is 2.76. The van der Waals surface area contributed by atoms with Crippen molar-refractivity contribution < 1.29 is 4.79 Å². The van der Waals surface area contributed by atoms with E-state index >= 15 is 0 Å². The van der Waals surface area contributed by atoms with Gasteiger partial charge in [0.25, 0.3) is 0 Å². The fraction of sp³-hybridized carbons (Fsp3) is 0.900. The molecule has 1 amide bonds. The van der Waals surface area contributed by atoms with Crippen LogP contribution in [0.3, 0.4) is 0 Å². The number of hydrogen-bond acceptors (Lipinski definition) is 1. The highest BCUT2D eigenvalue weighted by molar-refractivity contribution is 5.82. The molecule has 0 radical (unpaired) electrons. The summed E-state index contributed by atoms with van der Waals surface area (Å²) in [6.07, 6.45) is 4.80. The molecule has 1 N–H and O–H groups in total. The normalized spacial score (nSPS) is 30.2. The molecule has 1 heterocycles. The molecule has 0 aromatic carbocycles. The molecule has 2 aliphatic rings. The largest absolute Gasteiger partial charge is 0.350 e. The van der Waals surface area contributed by atoms with Gasteiger partial charge in [-0.05, 0) is 25.7 Å². The third-order valence-electron chi connectivity index (χ3n) is 2.84. The number of carbonyl (C=O) groups excluding carboxylic acids is 1. The van der Waals surface area contributed by atoms with Crippen LogP contribution in [-0.4, -0.2) is 11.4 Å². The van der Waals surface area contributed by atoms with Crippen molar-refractivity contribution in [2.75, 3.05) is 0 Å². The minimum absolute atomic E-state index is 0.260. The van der Waals surface area contributed by atoms with Crippen molar-refractivity contribution >= 4 is 5.91 Å². The first-order chi connectivity index (χ1) is 5.72. The molecule has 1 saturated carbocycles. The molecule has 1 aliphatic heterocycles. The van der Waals surface area contributed by atoms with Gasteiger partial charge in [-0.2, -0.15) is 0 Å². The molecule has 1 saturated heterocycles. The van der Waals surface area contributed by atoms with E-state index in [9.17, 15) is 4.79 Å². The van der Waals surface area contributed by atoms with E-state index in [1.54, 1.807) is 0 Å². The van der Waals surface area contributed by atoms with Crippen molar-refractivity contribution in [2.24, 2.45) is 5.92 Å². The molecule has 2 rings (SSSR count). The van der Waals surface area contributed by atoms with Crippen molar-refractivity contribution in [3.05, 3.63) is 0 Å². The van der Waals surface area contributed by atoms with Gasteiger partial charge in [-0.1, -0.05) is 20.8 Å². The standard InChI is InChI=1S/C8H13NO.C2H6/c1-6-5-8(3-2-4-8)9-7(6)10;1-2/h6H,2-5H2,1H3,(H,9,10);1-2H3. The van der Waals surface area contributed by atoms with Crippen LogP contribution in [0.2, 0.25) is 0 Å². The molecule has 2 fully saturated rings. The van der Waals surface area contributed by atoms with Crippen molar-refractivity contribution in [1.29, 1.82) is 0 Å². The third kappa shape index (κ3) is 1.47. The zero-order chi connectivity index (χ0) is 9.19. The van der Waals surface area contributed by atoms with Crippen LogP contribution in [0.5, 0.6) is 0 Å². The Morgan fingerprint density at radius 2 is 2.00 bits per heavy atom. The lowest BCUT2D eigenvalue weighted by Gasteiger charge is -2.38. The topological polar surface area (TPSA) is 29.1 Å². The monoisotopic (exact) mass is 169 g/mol. The van der Waals surface area contributed by atoms with Crippen LogP contribution in [0.15, 0.2) is 0 Å². The molecule has 2 heteroatoms. The molecule has 1 unspecified atom stereocenters. The average molecular weight is 169 g/mol. The van der Waals surface area contributed by atoms with Gasteiger partial charge in [0.15, 0.2) is 0 Å². The van der Waals surface area contributed by atoms with Gasteiger partial charge in [-0.25, -0.2) is 0 Å². The predicted octanol–water partition coefficient (Wildman–Crippen LogP) is 2.09. The molecule has 0 aromatic heterocycles. The number of nitrogens with one attached hydrogen (secondary N) is 1. The average Bonchev–Trinajstić information content (AvgIpc) is 2.32. The minimum atomic E-state index is 0.260. The highest BCUT2D eigenvalue weighted by atomic mass is 16.2. The Bertz CT molecular complexity index is 173. The van der Waals surface area contributed by atoms with Gasteiger partial charge in [0, 0.05) is 11.5 Å². The van der Waals surface area contributed by atoms with Gasteiger partial charge in [-0.15, -0.1) is 0 Å². The summed E-state index contributed by atoms with van der Waals surface area (Å²) >= 11 is 0. The van der Waals surface area contributed by atoms with Gasteiger partial charge in [0.05, 0.1) is 0 Å². The smallest absolute Gasteiger partial charge is 0.223 e. The summed E-state index contributed by atoms with van der Waals surface area (Å²) < 4.78 is 0. The van der Waals surface area contributed by atoms with Crippen molar-refractivity contribution in [3.63, 3.8) is 0 Å². The second-order valence-corrected chi connectivity index (χ2v) is 3.73. The molecule has 0 bridgehead atoms. The maximum absolute atomic E-state index is 11.1. The number of carbonyl (C=O) groups is 1. The van der Waals surface area contributed by atoms with E-state index in [1.807, 2.05) is 20.8 Å². The zero-order valence-electron chi connectivity index (χ0n) is 8.31. The van der Waals surface area contributed by atoms with E-state index in [0.29, 0.717) is 0 Å². The fourth-order valence-electron chi connectivity index (χ4n) is 2.05. The van der Waals surface area contributed by atoms with Crippen LogP contribution >= 0.6 is 0 Å². The van der Waals surface area contributed by atoms with Gasteiger partial charge >= 0.3 is 0 Å². The summed E-state index contributed by atoms with van der Waals surface area (Å²) in [5, 5.41) is 3.08. The number of rotatable bonds is 0. The van der Waals surface area contributed by atoms with E-state index in [-0.39, 0.29) is 17.4 Å². The number of amides is 1. The van der Waals surface area contributed by atoms with Crippen molar-refractivity contribution in [1.82, 2.24) is 5.32 Å². The fourth-order valence-corrected chi connectivity index (χ4v) is 2.05.